The number of hydrogen-bond acceptors (Lipinski definition) is 5. The van der Waals surface area contributed by atoms with Gasteiger partial charge in [-0.15, -0.1) is 11.3 Å². The van der Waals surface area contributed by atoms with Gasteiger partial charge in [-0.25, -0.2) is 4.98 Å². The Hall–Kier alpha value is -2.90. The van der Waals surface area contributed by atoms with Gasteiger partial charge in [0.15, 0.2) is 6.10 Å². The van der Waals surface area contributed by atoms with Crippen LogP contribution in [0.1, 0.15) is 18.9 Å². The molecule has 154 valence electrons. The molecule has 8 heteroatoms. The van der Waals surface area contributed by atoms with E-state index in [1.54, 1.807) is 49.4 Å². The zero-order valence-corrected chi connectivity index (χ0v) is 18.3. The van der Waals surface area contributed by atoms with Crippen molar-refractivity contribution >= 4 is 46.1 Å². The molecular weight excluding hydrogens is 422 g/mol. The van der Waals surface area contributed by atoms with E-state index < -0.39 is 12.1 Å². The van der Waals surface area contributed by atoms with E-state index in [2.05, 4.69) is 10.3 Å². The number of ether oxygens (including phenoxy) is 1. The topological polar surface area (TPSA) is 71.5 Å². The Morgan fingerprint density at radius 3 is 2.77 bits per heavy atom. The molecule has 0 fully saturated rings. The fourth-order valence-corrected chi connectivity index (χ4v) is 4.14. The lowest BCUT2D eigenvalue weighted by atomic mass is 10.1. The average molecular weight is 442 g/mol. The fourth-order valence-electron chi connectivity index (χ4n) is 3.33. The third-order valence-electron chi connectivity index (χ3n) is 4.92. The second kappa shape index (κ2) is 8.08. The van der Waals surface area contributed by atoms with Crippen LogP contribution >= 0.6 is 22.9 Å². The van der Waals surface area contributed by atoms with E-state index >= 15 is 0 Å². The lowest BCUT2D eigenvalue weighted by Gasteiger charge is -2.36. The highest BCUT2D eigenvalue weighted by atomic mass is 35.5. The molecule has 1 N–H and O–H groups in total. The number of halogens is 1. The molecule has 6 nitrogen and oxygen atoms in total. The number of fused-ring (bicyclic) bond motifs is 1. The van der Waals surface area contributed by atoms with E-state index in [0.29, 0.717) is 22.1 Å². The monoisotopic (exact) mass is 441 g/mol. The largest absolute Gasteiger partial charge is 0.479 e. The normalized spacial score (nSPS) is 16.6. The number of nitrogens with zero attached hydrogens (tertiary/aromatic N) is 2. The molecule has 4 rings (SSSR count). The van der Waals surface area contributed by atoms with Gasteiger partial charge in [0.05, 0.1) is 27.1 Å². The summed E-state index contributed by atoms with van der Waals surface area (Å²) in [6.45, 7) is 5.30. The predicted octanol–water partition coefficient (Wildman–Crippen LogP) is 4.91. The molecule has 0 aliphatic carbocycles. The number of anilines is 2. The van der Waals surface area contributed by atoms with Crippen LogP contribution in [0, 0.1) is 6.92 Å². The maximum absolute atomic E-state index is 13.0. The second-order valence-electron chi connectivity index (χ2n) is 7.05. The van der Waals surface area contributed by atoms with Crippen LogP contribution in [-0.4, -0.2) is 28.9 Å². The van der Waals surface area contributed by atoms with Gasteiger partial charge >= 0.3 is 0 Å². The highest BCUT2D eigenvalue weighted by Crippen LogP contribution is 2.39. The van der Waals surface area contributed by atoms with Gasteiger partial charge in [-0.2, -0.15) is 0 Å². The highest BCUT2D eigenvalue weighted by molar-refractivity contribution is 7.09. The highest BCUT2D eigenvalue weighted by Gasteiger charge is 2.37. The van der Waals surface area contributed by atoms with Gasteiger partial charge < -0.3 is 10.1 Å². The number of nitrogens with one attached hydrogen (secondary N) is 1. The van der Waals surface area contributed by atoms with Crippen molar-refractivity contribution in [2.75, 3.05) is 10.2 Å². The Labute approximate surface area is 183 Å². The number of rotatable bonds is 4. The number of aryl methyl sites for hydroxylation is 1. The smallest absolute Gasteiger partial charge is 0.268 e. The number of thiazole rings is 1. The standard InChI is InChI=1S/C22H20ClN3O3S/c1-12(21(27)25-17-7-5-4-6-16(17)23)26-19-10-15(18-11-30-14(3)24-18)8-9-20(19)29-13(2)22(26)28/h4-13H,1-3H3,(H,25,27). The van der Waals surface area contributed by atoms with Crippen molar-refractivity contribution in [2.45, 2.75) is 32.9 Å². The molecule has 2 unspecified atom stereocenters. The number of aromatic nitrogens is 1. The maximum Gasteiger partial charge on any atom is 0.268 e. The van der Waals surface area contributed by atoms with E-state index in [1.165, 1.54) is 4.90 Å². The molecule has 2 atom stereocenters. The Morgan fingerprint density at radius 2 is 2.07 bits per heavy atom. The molecular formula is C22H20ClN3O3S. The van der Waals surface area contributed by atoms with Crippen molar-refractivity contribution in [2.24, 2.45) is 0 Å². The summed E-state index contributed by atoms with van der Waals surface area (Å²) in [5.41, 5.74) is 2.71. The van der Waals surface area contributed by atoms with Crippen molar-refractivity contribution in [3.05, 3.63) is 57.9 Å². The van der Waals surface area contributed by atoms with Crippen LogP contribution in [0.5, 0.6) is 5.75 Å². The molecule has 1 aromatic heterocycles. The summed E-state index contributed by atoms with van der Waals surface area (Å²) in [5, 5.41) is 6.15. The van der Waals surface area contributed by atoms with Crippen LogP contribution in [-0.2, 0) is 9.59 Å². The quantitative estimate of drug-likeness (QED) is 0.624. The first-order valence-corrected chi connectivity index (χ1v) is 10.7. The Morgan fingerprint density at radius 1 is 1.30 bits per heavy atom. The summed E-state index contributed by atoms with van der Waals surface area (Å²) >= 11 is 7.71. The average Bonchev–Trinajstić information content (AvgIpc) is 3.16. The Balaban J connectivity index is 1.69. The Kier molecular flexibility index (Phi) is 5.49. The lowest BCUT2D eigenvalue weighted by Crippen LogP contribution is -2.52. The molecule has 1 aliphatic heterocycles. The number of hydrogen-bond donors (Lipinski definition) is 1. The summed E-state index contributed by atoms with van der Waals surface area (Å²) in [4.78, 5) is 32.0. The first-order chi connectivity index (χ1) is 14.3. The number of carbonyl (C=O) groups is 2. The SMILES string of the molecule is Cc1nc(-c2ccc3c(c2)N(C(C)C(=O)Nc2ccccc2Cl)C(=O)C(C)O3)cs1. The molecule has 3 aromatic rings. The molecule has 0 spiro atoms. The van der Waals surface area contributed by atoms with Gasteiger partial charge in [-0.05, 0) is 51.1 Å². The van der Waals surface area contributed by atoms with Gasteiger partial charge in [0.1, 0.15) is 11.8 Å². The number of para-hydroxylation sites is 1. The maximum atomic E-state index is 13.0. The van der Waals surface area contributed by atoms with Gasteiger partial charge in [-0.3, -0.25) is 14.5 Å². The van der Waals surface area contributed by atoms with E-state index in [4.69, 9.17) is 16.3 Å². The van der Waals surface area contributed by atoms with Gasteiger partial charge in [0.2, 0.25) is 5.91 Å². The van der Waals surface area contributed by atoms with Gasteiger partial charge in [0.25, 0.3) is 5.91 Å². The van der Waals surface area contributed by atoms with Gasteiger partial charge in [0, 0.05) is 10.9 Å². The predicted molar refractivity (Wildman–Crippen MR) is 119 cm³/mol. The summed E-state index contributed by atoms with van der Waals surface area (Å²) in [6.07, 6.45) is -0.694. The fraction of sp³-hybridized carbons (Fsp3) is 0.227. The molecule has 0 radical (unpaired) electrons. The first kappa shape index (κ1) is 20.4. The minimum atomic E-state index is -0.772. The van der Waals surface area contributed by atoms with E-state index in [-0.39, 0.29) is 11.8 Å². The molecule has 2 amide bonds. The van der Waals surface area contributed by atoms with E-state index in [0.717, 1.165) is 16.3 Å². The van der Waals surface area contributed by atoms with Crippen molar-refractivity contribution in [3.63, 3.8) is 0 Å². The van der Waals surface area contributed by atoms with Crippen LogP contribution in [0.3, 0.4) is 0 Å². The minimum absolute atomic E-state index is 0.282. The van der Waals surface area contributed by atoms with Crippen LogP contribution < -0.4 is 15.0 Å². The molecule has 30 heavy (non-hydrogen) atoms. The third kappa shape index (κ3) is 3.78. The van der Waals surface area contributed by atoms with Crippen molar-refractivity contribution in [3.8, 4) is 17.0 Å². The van der Waals surface area contributed by atoms with E-state index in [9.17, 15) is 9.59 Å². The molecule has 2 heterocycles. The summed E-state index contributed by atoms with van der Waals surface area (Å²) in [6, 6.07) is 11.8. The van der Waals surface area contributed by atoms with Crippen molar-refractivity contribution in [1.29, 1.82) is 0 Å². The summed E-state index contributed by atoms with van der Waals surface area (Å²) in [7, 11) is 0. The molecule has 2 aromatic carbocycles. The molecule has 0 bridgehead atoms. The van der Waals surface area contributed by atoms with Crippen LogP contribution in [0.15, 0.2) is 47.8 Å². The van der Waals surface area contributed by atoms with Crippen molar-refractivity contribution < 1.29 is 14.3 Å². The van der Waals surface area contributed by atoms with E-state index in [1.807, 2.05) is 30.5 Å². The number of carbonyl (C=O) groups excluding carboxylic acids is 2. The zero-order chi connectivity index (χ0) is 21.4. The second-order valence-corrected chi connectivity index (χ2v) is 8.52. The molecule has 1 aliphatic rings. The number of amides is 2. The molecule has 0 saturated heterocycles. The van der Waals surface area contributed by atoms with Crippen LogP contribution in [0.25, 0.3) is 11.3 Å². The summed E-state index contributed by atoms with van der Waals surface area (Å²) < 4.78 is 5.78. The Bertz CT molecular complexity index is 1130. The molecule has 0 saturated carbocycles. The van der Waals surface area contributed by atoms with Crippen molar-refractivity contribution in [1.82, 2.24) is 4.98 Å². The zero-order valence-electron chi connectivity index (χ0n) is 16.7. The number of benzene rings is 2. The minimum Gasteiger partial charge on any atom is -0.479 e. The summed E-state index contributed by atoms with van der Waals surface area (Å²) in [5.74, 6) is -0.0717. The van der Waals surface area contributed by atoms with Crippen LogP contribution in [0.4, 0.5) is 11.4 Å². The first-order valence-electron chi connectivity index (χ1n) is 9.47. The third-order valence-corrected chi connectivity index (χ3v) is 6.02. The van der Waals surface area contributed by atoms with Crippen LogP contribution in [0.2, 0.25) is 5.02 Å². The lowest BCUT2D eigenvalue weighted by molar-refractivity contribution is -0.128. The van der Waals surface area contributed by atoms with Gasteiger partial charge in [-0.1, -0.05) is 23.7 Å².